The number of pyridine rings is 1. The lowest BCUT2D eigenvalue weighted by atomic mass is 9.87. The molecule has 3 aliphatic rings. The molecule has 0 spiro atoms. The first kappa shape index (κ1) is 20.8. The molecule has 2 aliphatic heterocycles. The molecule has 2 aromatic rings. The quantitative estimate of drug-likeness (QED) is 0.729. The van der Waals surface area contributed by atoms with Gasteiger partial charge in [0, 0.05) is 32.5 Å². The van der Waals surface area contributed by atoms with Crippen LogP contribution in [0.15, 0.2) is 29.5 Å². The summed E-state index contributed by atoms with van der Waals surface area (Å²) in [5.41, 5.74) is 5.37. The van der Waals surface area contributed by atoms with Crippen molar-refractivity contribution in [1.82, 2.24) is 25.4 Å². The Morgan fingerprint density at radius 3 is 2.81 bits per heavy atom. The van der Waals surface area contributed by atoms with E-state index < -0.39 is 0 Å². The van der Waals surface area contributed by atoms with Crippen molar-refractivity contribution in [3.8, 4) is 11.3 Å². The third kappa shape index (κ3) is 3.91. The molecule has 1 saturated carbocycles. The topological polar surface area (TPSA) is 108 Å². The van der Waals surface area contributed by atoms with E-state index in [2.05, 4.69) is 25.7 Å². The van der Waals surface area contributed by atoms with Crippen molar-refractivity contribution >= 4 is 23.4 Å². The van der Waals surface area contributed by atoms with Gasteiger partial charge in [-0.3, -0.25) is 19.7 Å². The molecule has 1 fully saturated rings. The zero-order chi connectivity index (χ0) is 22.1. The summed E-state index contributed by atoms with van der Waals surface area (Å²) in [5, 5.41) is 4.96. The van der Waals surface area contributed by atoms with Gasteiger partial charge < -0.3 is 10.1 Å². The fourth-order valence-corrected chi connectivity index (χ4v) is 4.61. The second kappa shape index (κ2) is 8.79. The van der Waals surface area contributed by atoms with E-state index in [0.717, 1.165) is 42.8 Å². The lowest BCUT2D eigenvalue weighted by Crippen LogP contribution is -2.44. The highest BCUT2D eigenvalue weighted by atomic mass is 16.5. The summed E-state index contributed by atoms with van der Waals surface area (Å²) in [5.74, 6) is 2.43. The molecular weight excluding hydrogens is 408 g/mol. The summed E-state index contributed by atoms with van der Waals surface area (Å²) in [6, 6.07) is 3.83. The van der Waals surface area contributed by atoms with Crippen LogP contribution in [0.4, 0.5) is 11.6 Å². The van der Waals surface area contributed by atoms with Crippen molar-refractivity contribution < 1.29 is 9.53 Å². The van der Waals surface area contributed by atoms with Crippen molar-refractivity contribution in [1.29, 1.82) is 0 Å². The fraction of sp³-hybridized carbons (Fsp3) is 0.500. The minimum absolute atomic E-state index is 0.0216. The minimum Gasteiger partial charge on any atom is -0.381 e. The van der Waals surface area contributed by atoms with E-state index in [1.54, 1.807) is 24.4 Å². The number of anilines is 2. The molecule has 2 aromatic heterocycles. The number of hydrogen-bond donors (Lipinski definition) is 2. The molecule has 168 valence electrons. The molecule has 0 atom stereocenters. The number of carbonyl (C=O) groups is 1. The molecule has 10 heteroatoms. The summed E-state index contributed by atoms with van der Waals surface area (Å²) >= 11 is 0. The Hall–Kier alpha value is -3.11. The predicted octanol–water partition coefficient (Wildman–Crippen LogP) is 1.66. The van der Waals surface area contributed by atoms with Crippen molar-refractivity contribution in [3.63, 3.8) is 0 Å². The first-order chi connectivity index (χ1) is 15.6. The molecule has 0 bridgehead atoms. The Balaban J connectivity index is 1.46. The maximum atomic E-state index is 12.8. The van der Waals surface area contributed by atoms with Gasteiger partial charge in [0.05, 0.1) is 24.5 Å². The Labute approximate surface area is 187 Å². The Bertz CT molecular complexity index is 1030. The molecule has 0 saturated heterocycles. The number of fused-ring (bicyclic) bond motifs is 1. The van der Waals surface area contributed by atoms with Gasteiger partial charge in [-0.25, -0.2) is 20.4 Å². The number of carbonyl (C=O) groups excluding carboxylic acids is 1. The molecule has 32 heavy (non-hydrogen) atoms. The van der Waals surface area contributed by atoms with Gasteiger partial charge in [-0.1, -0.05) is 0 Å². The van der Waals surface area contributed by atoms with Crippen LogP contribution in [-0.2, 0) is 9.53 Å². The average Bonchev–Trinajstić information content (AvgIpc) is 3.26. The summed E-state index contributed by atoms with van der Waals surface area (Å²) in [4.78, 5) is 33.2. The highest BCUT2D eigenvalue weighted by Gasteiger charge is 2.31. The second-order valence-electron chi connectivity index (χ2n) is 8.42. The van der Waals surface area contributed by atoms with E-state index in [4.69, 9.17) is 9.72 Å². The molecule has 0 aromatic carbocycles. The largest absolute Gasteiger partial charge is 0.381 e. The standard InChI is InChI=1S/C22H28N8O2/c1-29-21(26-13-27-29)19-16(4-3-9-23-19)17-10-24-20-22(28-17)30(18(31)11-25-20)12-14-5-7-15(32-2)8-6-14/h3-4,9-10,14-15,27H,5-8,11-13H2,1-2H3,(H,24,25). The minimum atomic E-state index is 0.0216. The van der Waals surface area contributed by atoms with Crippen molar-refractivity contribution in [2.75, 3.05) is 44.1 Å². The van der Waals surface area contributed by atoms with Gasteiger partial charge in [0.25, 0.3) is 0 Å². The third-order valence-corrected chi connectivity index (χ3v) is 6.44. The van der Waals surface area contributed by atoms with Crippen LogP contribution in [0.25, 0.3) is 11.3 Å². The maximum Gasteiger partial charge on any atom is 0.247 e. The summed E-state index contributed by atoms with van der Waals surface area (Å²) < 4.78 is 5.50. The van der Waals surface area contributed by atoms with Gasteiger partial charge in [-0.05, 0) is 43.7 Å². The van der Waals surface area contributed by atoms with Crippen LogP contribution in [0.1, 0.15) is 31.4 Å². The number of hydrazine groups is 1. The third-order valence-electron chi connectivity index (χ3n) is 6.44. The van der Waals surface area contributed by atoms with Crippen molar-refractivity contribution in [2.45, 2.75) is 31.8 Å². The average molecular weight is 437 g/mol. The Morgan fingerprint density at radius 1 is 1.22 bits per heavy atom. The molecule has 5 rings (SSSR count). The molecule has 1 aliphatic carbocycles. The van der Waals surface area contributed by atoms with E-state index >= 15 is 0 Å². The van der Waals surface area contributed by atoms with Crippen LogP contribution in [-0.4, -0.2) is 71.7 Å². The van der Waals surface area contributed by atoms with E-state index in [1.165, 1.54) is 0 Å². The zero-order valence-electron chi connectivity index (χ0n) is 18.4. The number of amidine groups is 1. The smallest absolute Gasteiger partial charge is 0.247 e. The predicted molar refractivity (Wildman–Crippen MR) is 121 cm³/mol. The fourth-order valence-electron chi connectivity index (χ4n) is 4.61. The maximum absolute atomic E-state index is 12.8. The van der Waals surface area contributed by atoms with Crippen LogP contribution < -0.4 is 15.6 Å². The lowest BCUT2D eigenvalue weighted by Gasteiger charge is -2.34. The van der Waals surface area contributed by atoms with Crippen molar-refractivity contribution in [2.24, 2.45) is 10.9 Å². The number of nitrogens with one attached hydrogen (secondary N) is 2. The SMILES string of the molecule is COC1CCC(CN2C(=O)CNc3ncc(-c4cccnc4C4=NCNN4C)nc32)CC1. The molecule has 1 amide bonds. The van der Waals surface area contributed by atoms with Crippen LogP contribution in [0.2, 0.25) is 0 Å². The normalized spacial score (nSPS) is 23.1. The van der Waals surface area contributed by atoms with E-state index in [1.807, 2.05) is 24.2 Å². The van der Waals surface area contributed by atoms with Gasteiger partial charge in [-0.2, -0.15) is 0 Å². The number of ether oxygens (including phenoxy) is 1. The van der Waals surface area contributed by atoms with Gasteiger partial charge in [-0.15, -0.1) is 0 Å². The number of amides is 1. The highest BCUT2D eigenvalue weighted by molar-refractivity contribution is 6.03. The molecule has 4 heterocycles. The van der Waals surface area contributed by atoms with Crippen LogP contribution in [0.5, 0.6) is 0 Å². The molecular formula is C22H28N8O2. The van der Waals surface area contributed by atoms with E-state index in [0.29, 0.717) is 42.6 Å². The highest BCUT2D eigenvalue weighted by Crippen LogP contribution is 2.33. The second-order valence-corrected chi connectivity index (χ2v) is 8.42. The Morgan fingerprint density at radius 2 is 2.06 bits per heavy atom. The van der Waals surface area contributed by atoms with Gasteiger partial charge >= 0.3 is 0 Å². The van der Waals surface area contributed by atoms with E-state index in [9.17, 15) is 4.79 Å². The summed E-state index contributed by atoms with van der Waals surface area (Å²) in [7, 11) is 3.68. The van der Waals surface area contributed by atoms with Crippen molar-refractivity contribution in [3.05, 3.63) is 30.2 Å². The van der Waals surface area contributed by atoms with Gasteiger partial charge in [0.1, 0.15) is 12.4 Å². The van der Waals surface area contributed by atoms with Gasteiger partial charge in [0.2, 0.25) is 5.91 Å². The first-order valence-electron chi connectivity index (χ1n) is 11.1. The summed E-state index contributed by atoms with van der Waals surface area (Å²) in [6.07, 6.45) is 7.96. The number of aliphatic imine (C=N–C) groups is 1. The number of aromatic nitrogens is 3. The van der Waals surface area contributed by atoms with Crippen LogP contribution >= 0.6 is 0 Å². The Kier molecular flexibility index (Phi) is 5.71. The number of methoxy groups -OCH3 is 1. The van der Waals surface area contributed by atoms with Crippen LogP contribution in [0.3, 0.4) is 0 Å². The molecule has 10 nitrogen and oxygen atoms in total. The van der Waals surface area contributed by atoms with Crippen LogP contribution in [0, 0.1) is 5.92 Å². The number of hydrogen-bond acceptors (Lipinski definition) is 9. The summed E-state index contributed by atoms with van der Waals surface area (Å²) in [6.45, 7) is 1.40. The number of nitrogens with zero attached hydrogens (tertiary/aromatic N) is 6. The number of rotatable bonds is 5. The first-order valence-corrected chi connectivity index (χ1v) is 11.1. The van der Waals surface area contributed by atoms with Gasteiger partial charge in [0.15, 0.2) is 17.5 Å². The molecule has 0 unspecified atom stereocenters. The van der Waals surface area contributed by atoms with E-state index in [-0.39, 0.29) is 12.5 Å². The molecule has 0 radical (unpaired) electrons. The lowest BCUT2D eigenvalue weighted by molar-refractivity contribution is -0.117. The molecule has 2 N–H and O–H groups in total. The monoisotopic (exact) mass is 436 g/mol. The zero-order valence-corrected chi connectivity index (χ0v) is 18.4.